The van der Waals surface area contributed by atoms with Crippen LogP contribution in [-0.4, -0.2) is 43.6 Å². The van der Waals surface area contributed by atoms with Gasteiger partial charge in [0.05, 0.1) is 6.33 Å². The molecule has 2 heterocycles. The summed E-state index contributed by atoms with van der Waals surface area (Å²) in [6.45, 7) is 0.501. The van der Waals surface area contributed by atoms with Crippen LogP contribution in [0.1, 0.15) is 12.8 Å². The molecule has 0 spiro atoms. The second-order valence-corrected chi connectivity index (χ2v) is 3.74. The molecule has 2 aromatic rings. The maximum atomic E-state index is 10.0. The third-order valence-electron chi connectivity index (χ3n) is 2.29. The number of nitrogens with two attached hydrogens (primary N) is 3. The summed E-state index contributed by atoms with van der Waals surface area (Å²) in [5.74, 6) is -0.522. The number of fused-ring (bicyclic) bond motifs is 1. The molecule has 2 aromatic heterocycles. The molecule has 0 aromatic carbocycles. The Bertz CT molecular complexity index is 527. The van der Waals surface area contributed by atoms with Gasteiger partial charge in [-0.05, 0) is 19.4 Å². The molecule has 9 nitrogen and oxygen atoms in total. The lowest BCUT2D eigenvalue weighted by molar-refractivity contribution is -0.138. The van der Waals surface area contributed by atoms with Crippen molar-refractivity contribution in [3.05, 3.63) is 12.7 Å². The summed E-state index contributed by atoms with van der Waals surface area (Å²) in [5.41, 5.74) is 17.1. The fraction of sp³-hybridized carbons (Fsp3) is 0.400. The molecule has 0 aliphatic carbocycles. The summed E-state index contributed by atoms with van der Waals surface area (Å²) >= 11 is 0. The minimum Gasteiger partial charge on any atom is -0.480 e. The van der Waals surface area contributed by atoms with E-state index in [1.54, 1.807) is 0 Å². The van der Waals surface area contributed by atoms with Gasteiger partial charge in [0.1, 0.15) is 17.9 Å². The second-order valence-electron chi connectivity index (χ2n) is 3.74. The third-order valence-corrected chi connectivity index (χ3v) is 2.29. The number of hydrogen-bond acceptors (Lipinski definition) is 7. The van der Waals surface area contributed by atoms with E-state index >= 15 is 0 Å². The van der Waals surface area contributed by atoms with E-state index in [0.717, 1.165) is 0 Å². The van der Waals surface area contributed by atoms with Crippen LogP contribution < -0.4 is 17.2 Å². The lowest BCUT2D eigenvalue weighted by Crippen LogP contribution is -2.30. The topological polar surface area (TPSA) is 170 Å². The number of imidazole rings is 1. The van der Waals surface area contributed by atoms with Gasteiger partial charge >= 0.3 is 5.97 Å². The fourth-order valence-electron chi connectivity index (χ4n) is 1.24. The lowest BCUT2D eigenvalue weighted by atomic mass is 10.2. The number of carboxylic acid groups (broad SMARTS) is 1. The predicted molar refractivity (Wildman–Crippen MR) is 70.0 cm³/mol. The molecule has 0 fully saturated rings. The highest BCUT2D eigenvalue weighted by atomic mass is 16.4. The van der Waals surface area contributed by atoms with Crippen LogP contribution in [0, 0.1) is 0 Å². The molecule has 8 N–H and O–H groups in total. The number of carboxylic acids is 1. The molecule has 1 atom stereocenters. The van der Waals surface area contributed by atoms with Crippen molar-refractivity contribution in [1.29, 1.82) is 0 Å². The zero-order valence-electron chi connectivity index (χ0n) is 10.3. The van der Waals surface area contributed by atoms with Crippen molar-refractivity contribution < 1.29 is 9.90 Å². The average molecular weight is 267 g/mol. The van der Waals surface area contributed by atoms with E-state index in [0.29, 0.717) is 36.4 Å². The van der Waals surface area contributed by atoms with Gasteiger partial charge in [-0.15, -0.1) is 0 Å². The van der Waals surface area contributed by atoms with Gasteiger partial charge in [0, 0.05) is 0 Å². The number of aromatic nitrogens is 4. The van der Waals surface area contributed by atoms with Crippen molar-refractivity contribution in [2.24, 2.45) is 11.5 Å². The Morgan fingerprint density at radius 2 is 2.16 bits per heavy atom. The Morgan fingerprint density at radius 1 is 1.42 bits per heavy atom. The van der Waals surface area contributed by atoms with Crippen molar-refractivity contribution in [2.75, 3.05) is 12.3 Å². The summed E-state index contributed by atoms with van der Waals surface area (Å²) in [6.07, 6.45) is 4.06. The Morgan fingerprint density at radius 3 is 2.74 bits per heavy atom. The van der Waals surface area contributed by atoms with E-state index in [2.05, 4.69) is 19.9 Å². The minimum atomic E-state index is -0.955. The molecule has 0 radical (unpaired) electrons. The van der Waals surface area contributed by atoms with Gasteiger partial charge in [0.25, 0.3) is 0 Å². The summed E-state index contributed by atoms with van der Waals surface area (Å²) in [7, 11) is 0. The quantitative estimate of drug-likeness (QED) is 0.473. The van der Waals surface area contributed by atoms with E-state index in [1.807, 2.05) is 0 Å². The molecule has 0 amide bonds. The first-order chi connectivity index (χ1) is 9.06. The molecular weight excluding hydrogens is 250 g/mol. The molecule has 2 rings (SSSR count). The van der Waals surface area contributed by atoms with Crippen molar-refractivity contribution in [2.45, 2.75) is 18.9 Å². The minimum absolute atomic E-state index is 0.433. The molecule has 104 valence electrons. The van der Waals surface area contributed by atoms with Crippen molar-refractivity contribution >= 4 is 23.0 Å². The first-order valence-corrected chi connectivity index (χ1v) is 5.64. The Balaban J connectivity index is 0.000000192. The van der Waals surface area contributed by atoms with Gasteiger partial charge in [-0.25, -0.2) is 15.0 Å². The third kappa shape index (κ3) is 4.48. The number of aliphatic carboxylic acids is 1. The maximum Gasteiger partial charge on any atom is 0.320 e. The normalized spacial score (nSPS) is 11.7. The Hall–Kier alpha value is -2.26. The number of hydrogen-bond donors (Lipinski definition) is 5. The van der Waals surface area contributed by atoms with Gasteiger partial charge in [0.2, 0.25) is 0 Å². The molecule has 19 heavy (non-hydrogen) atoms. The van der Waals surface area contributed by atoms with Crippen LogP contribution >= 0.6 is 0 Å². The van der Waals surface area contributed by atoms with Crippen LogP contribution in [0.25, 0.3) is 11.2 Å². The first-order valence-electron chi connectivity index (χ1n) is 5.64. The molecule has 0 saturated carbocycles. The van der Waals surface area contributed by atoms with E-state index < -0.39 is 12.0 Å². The molecule has 0 aliphatic rings. The van der Waals surface area contributed by atoms with Gasteiger partial charge in [0.15, 0.2) is 11.5 Å². The summed E-state index contributed by atoms with van der Waals surface area (Å²) in [6, 6.07) is -0.742. The monoisotopic (exact) mass is 267 g/mol. The first kappa shape index (κ1) is 14.8. The van der Waals surface area contributed by atoms with Crippen LogP contribution in [0.3, 0.4) is 0 Å². The van der Waals surface area contributed by atoms with Crippen LogP contribution in [-0.2, 0) is 4.79 Å². The SMILES string of the molecule is NCCC[C@H](N)C(=O)O.Nc1ncnc2nc[nH]c12. The molecule has 0 unspecified atom stereocenters. The predicted octanol–water partition coefficient (Wildman–Crippen LogP) is -0.928. The van der Waals surface area contributed by atoms with Crippen LogP contribution in [0.2, 0.25) is 0 Å². The number of nitrogen functional groups attached to an aromatic ring is 1. The second kappa shape index (κ2) is 7.24. The van der Waals surface area contributed by atoms with Gasteiger partial charge in [-0.3, -0.25) is 4.79 Å². The number of anilines is 1. The number of rotatable bonds is 4. The van der Waals surface area contributed by atoms with Crippen LogP contribution in [0.4, 0.5) is 5.82 Å². The van der Waals surface area contributed by atoms with Crippen LogP contribution in [0.15, 0.2) is 12.7 Å². The Labute approximate surface area is 109 Å². The molecule has 9 heteroatoms. The average Bonchev–Trinajstić information content (AvgIpc) is 2.86. The largest absolute Gasteiger partial charge is 0.480 e. The van der Waals surface area contributed by atoms with Crippen molar-refractivity contribution in [3.8, 4) is 0 Å². The van der Waals surface area contributed by atoms with E-state index in [-0.39, 0.29) is 0 Å². The number of aromatic amines is 1. The van der Waals surface area contributed by atoms with E-state index in [9.17, 15) is 4.79 Å². The van der Waals surface area contributed by atoms with Gasteiger partial charge in [-0.2, -0.15) is 0 Å². The van der Waals surface area contributed by atoms with Gasteiger partial charge < -0.3 is 27.3 Å². The standard InChI is InChI=1S/C5H5N5.C5H12N2O2/c6-4-3-5(9-1-7-3)10-2-8-4;6-3-1-2-4(7)5(8)9/h1-2H,(H3,6,7,8,9,10);4H,1-3,6-7H2,(H,8,9)/t;4-/m.0/s1. The fourth-order valence-corrected chi connectivity index (χ4v) is 1.24. The van der Waals surface area contributed by atoms with Crippen LogP contribution in [0.5, 0.6) is 0 Å². The highest BCUT2D eigenvalue weighted by Gasteiger charge is 2.08. The zero-order chi connectivity index (χ0) is 14.3. The summed E-state index contributed by atoms with van der Waals surface area (Å²) in [4.78, 5) is 24.4. The molecule has 0 aliphatic heterocycles. The van der Waals surface area contributed by atoms with E-state index in [4.69, 9.17) is 22.3 Å². The highest BCUT2D eigenvalue weighted by molar-refractivity contribution is 5.80. The Kier molecular flexibility index (Phi) is 5.64. The molecular formula is C10H17N7O2. The number of carbonyl (C=O) groups is 1. The molecule has 0 bridgehead atoms. The lowest BCUT2D eigenvalue weighted by Gasteiger charge is -2.02. The summed E-state index contributed by atoms with van der Waals surface area (Å²) in [5, 5.41) is 8.24. The van der Waals surface area contributed by atoms with Crippen molar-refractivity contribution in [1.82, 2.24) is 19.9 Å². The van der Waals surface area contributed by atoms with E-state index in [1.165, 1.54) is 12.7 Å². The maximum absolute atomic E-state index is 10.0. The molecule has 0 saturated heterocycles. The smallest absolute Gasteiger partial charge is 0.320 e. The number of nitrogens with one attached hydrogen (secondary N) is 1. The number of H-pyrrole nitrogens is 1. The zero-order valence-corrected chi connectivity index (χ0v) is 10.3. The number of nitrogens with zero attached hydrogens (tertiary/aromatic N) is 3. The van der Waals surface area contributed by atoms with Crippen molar-refractivity contribution in [3.63, 3.8) is 0 Å². The highest BCUT2D eigenvalue weighted by Crippen LogP contribution is 2.09. The summed E-state index contributed by atoms with van der Waals surface area (Å²) < 4.78 is 0. The van der Waals surface area contributed by atoms with Gasteiger partial charge in [-0.1, -0.05) is 0 Å².